The fraction of sp³-hybridized carbons (Fsp3) is 0.500. The molecule has 1 aliphatic rings. The van der Waals surface area contributed by atoms with Crippen LogP contribution in [-0.4, -0.2) is 50.1 Å². The van der Waals surface area contributed by atoms with E-state index in [1.54, 1.807) is 0 Å². The zero-order chi connectivity index (χ0) is 13.8. The van der Waals surface area contributed by atoms with Gasteiger partial charge >= 0.3 is 0 Å². The van der Waals surface area contributed by atoms with E-state index >= 15 is 0 Å². The highest BCUT2D eigenvalue weighted by atomic mass is 16.5. The number of nitrogens with two attached hydrogens (primary N) is 1. The van der Waals surface area contributed by atoms with Crippen molar-refractivity contribution >= 4 is 11.6 Å². The lowest BCUT2D eigenvalue weighted by Gasteiger charge is -2.37. The molecule has 0 aromatic heterocycles. The van der Waals surface area contributed by atoms with Crippen molar-refractivity contribution in [3.8, 4) is 5.75 Å². The van der Waals surface area contributed by atoms with Gasteiger partial charge in [0, 0.05) is 13.1 Å². The number of primary amides is 1. The van der Waals surface area contributed by atoms with Crippen LogP contribution in [0, 0.1) is 0 Å². The van der Waals surface area contributed by atoms with Crippen molar-refractivity contribution in [1.82, 2.24) is 4.90 Å². The molecule has 5 heteroatoms. The fourth-order valence-electron chi connectivity index (χ4n) is 2.45. The third kappa shape index (κ3) is 3.38. The molecule has 5 nitrogen and oxygen atoms in total. The largest absolute Gasteiger partial charge is 0.485 e. The molecule has 0 saturated carbocycles. The summed E-state index contributed by atoms with van der Waals surface area (Å²) in [5.74, 6) is 0.596. The van der Waals surface area contributed by atoms with Gasteiger partial charge in [-0.1, -0.05) is 12.1 Å². The summed E-state index contributed by atoms with van der Waals surface area (Å²) in [5.41, 5.74) is 6.33. The summed E-state index contributed by atoms with van der Waals surface area (Å²) in [6.45, 7) is 4.85. The van der Waals surface area contributed by atoms with Crippen LogP contribution in [0.4, 0.5) is 5.69 Å². The maximum atomic E-state index is 10.9. The van der Waals surface area contributed by atoms with E-state index in [9.17, 15) is 4.79 Å². The number of fused-ring (bicyclic) bond motifs is 1. The maximum absolute atomic E-state index is 10.9. The Morgan fingerprint density at radius 1 is 1.53 bits per heavy atom. The fourth-order valence-corrected chi connectivity index (χ4v) is 2.45. The number of carbonyl (C=O) groups excluding carboxylic acids is 1. The van der Waals surface area contributed by atoms with Crippen molar-refractivity contribution in [1.29, 1.82) is 0 Å². The zero-order valence-electron chi connectivity index (χ0n) is 11.5. The third-order valence-electron chi connectivity index (χ3n) is 3.25. The molecular formula is C14H21N3O2. The quantitative estimate of drug-likeness (QED) is 0.849. The molecule has 1 atom stereocenters. The SMILES string of the molecule is CCN1C[C@H](CN(C)CC(N)=O)Oc2ccccc21. The molecule has 0 unspecified atom stereocenters. The minimum atomic E-state index is -0.314. The number of hydrogen-bond acceptors (Lipinski definition) is 4. The van der Waals surface area contributed by atoms with Crippen LogP contribution in [0.5, 0.6) is 5.75 Å². The molecule has 0 radical (unpaired) electrons. The predicted molar refractivity (Wildman–Crippen MR) is 75.4 cm³/mol. The summed E-state index contributed by atoms with van der Waals surface area (Å²) in [6.07, 6.45) is 0.0548. The van der Waals surface area contributed by atoms with Crippen LogP contribution in [0.2, 0.25) is 0 Å². The Balaban J connectivity index is 2.04. The van der Waals surface area contributed by atoms with Gasteiger partial charge in [0.2, 0.25) is 5.91 Å². The van der Waals surface area contributed by atoms with Crippen LogP contribution in [-0.2, 0) is 4.79 Å². The molecule has 0 saturated heterocycles. The topological polar surface area (TPSA) is 58.8 Å². The van der Waals surface area contributed by atoms with Gasteiger partial charge in [-0.15, -0.1) is 0 Å². The highest BCUT2D eigenvalue weighted by Crippen LogP contribution is 2.32. The Bertz CT molecular complexity index is 450. The van der Waals surface area contributed by atoms with Crippen LogP contribution in [0.25, 0.3) is 0 Å². The highest BCUT2D eigenvalue weighted by Gasteiger charge is 2.25. The molecule has 1 aromatic rings. The zero-order valence-corrected chi connectivity index (χ0v) is 11.5. The van der Waals surface area contributed by atoms with Gasteiger partial charge in [0.1, 0.15) is 11.9 Å². The van der Waals surface area contributed by atoms with Gasteiger partial charge in [0.05, 0.1) is 18.8 Å². The first kappa shape index (κ1) is 13.7. The normalized spacial score (nSPS) is 18.1. The number of anilines is 1. The molecular weight excluding hydrogens is 242 g/mol. The smallest absolute Gasteiger partial charge is 0.231 e. The maximum Gasteiger partial charge on any atom is 0.231 e. The van der Waals surface area contributed by atoms with Crippen LogP contribution in [0.3, 0.4) is 0 Å². The van der Waals surface area contributed by atoms with Gasteiger partial charge < -0.3 is 15.4 Å². The van der Waals surface area contributed by atoms with Crippen LogP contribution in [0.15, 0.2) is 24.3 Å². The van der Waals surface area contributed by atoms with Gasteiger partial charge in [0.15, 0.2) is 0 Å². The second-order valence-corrected chi connectivity index (χ2v) is 4.91. The molecule has 0 fully saturated rings. The number of carbonyl (C=O) groups is 1. The summed E-state index contributed by atoms with van der Waals surface area (Å²) in [5, 5.41) is 0. The highest BCUT2D eigenvalue weighted by molar-refractivity contribution is 5.75. The second-order valence-electron chi connectivity index (χ2n) is 4.91. The molecule has 1 aliphatic heterocycles. The van der Waals surface area contributed by atoms with E-state index in [1.807, 2.05) is 30.1 Å². The first-order chi connectivity index (χ1) is 9.10. The van der Waals surface area contributed by atoms with E-state index in [0.29, 0.717) is 6.54 Å². The van der Waals surface area contributed by atoms with Crippen molar-refractivity contribution < 1.29 is 9.53 Å². The van der Waals surface area contributed by atoms with Crippen molar-refractivity contribution in [3.05, 3.63) is 24.3 Å². The summed E-state index contributed by atoms with van der Waals surface area (Å²) >= 11 is 0. The first-order valence-corrected chi connectivity index (χ1v) is 6.57. The lowest BCUT2D eigenvalue weighted by atomic mass is 10.2. The predicted octanol–water partition coefficient (Wildman–Crippen LogP) is 0.691. The third-order valence-corrected chi connectivity index (χ3v) is 3.25. The molecule has 1 heterocycles. The van der Waals surface area contributed by atoms with E-state index in [1.165, 1.54) is 0 Å². The van der Waals surface area contributed by atoms with Crippen molar-refractivity contribution in [3.63, 3.8) is 0 Å². The molecule has 1 aromatic carbocycles. The molecule has 2 N–H and O–H groups in total. The monoisotopic (exact) mass is 263 g/mol. The summed E-state index contributed by atoms with van der Waals surface area (Å²) in [7, 11) is 1.88. The second kappa shape index (κ2) is 5.93. The van der Waals surface area contributed by atoms with Crippen LogP contribution in [0.1, 0.15) is 6.92 Å². The van der Waals surface area contributed by atoms with Crippen molar-refractivity contribution in [2.75, 3.05) is 38.1 Å². The van der Waals surface area contributed by atoms with E-state index in [0.717, 1.165) is 24.5 Å². The van der Waals surface area contributed by atoms with Gasteiger partial charge in [-0.25, -0.2) is 0 Å². The van der Waals surface area contributed by atoms with Crippen molar-refractivity contribution in [2.24, 2.45) is 5.73 Å². The van der Waals surface area contributed by atoms with Gasteiger partial charge in [0.25, 0.3) is 0 Å². The van der Waals surface area contributed by atoms with Crippen molar-refractivity contribution in [2.45, 2.75) is 13.0 Å². The van der Waals surface area contributed by atoms with E-state index in [2.05, 4.69) is 17.9 Å². The molecule has 0 aliphatic carbocycles. The first-order valence-electron chi connectivity index (χ1n) is 6.57. The lowest BCUT2D eigenvalue weighted by Crippen LogP contribution is -2.46. The van der Waals surface area contributed by atoms with Gasteiger partial charge in [-0.2, -0.15) is 0 Å². The molecule has 104 valence electrons. The average Bonchev–Trinajstić information content (AvgIpc) is 2.36. The molecule has 2 rings (SSSR count). The Hall–Kier alpha value is -1.75. The standard InChI is InChI=1S/C14H21N3O2/c1-3-17-9-11(8-16(2)10-14(15)18)19-13-7-5-4-6-12(13)17/h4-7,11H,3,8-10H2,1-2H3,(H2,15,18)/t11-/m0/s1. The number of likely N-dealkylation sites (N-methyl/N-ethyl adjacent to an activating group) is 2. The van der Waals surface area contributed by atoms with Crippen LogP contribution >= 0.6 is 0 Å². The average molecular weight is 263 g/mol. The Morgan fingerprint density at radius 2 is 2.26 bits per heavy atom. The Kier molecular flexibility index (Phi) is 4.27. The van der Waals surface area contributed by atoms with Gasteiger partial charge in [-0.3, -0.25) is 9.69 Å². The summed E-state index contributed by atoms with van der Waals surface area (Å²) < 4.78 is 5.98. The number of para-hydroxylation sites is 2. The number of nitrogens with zero attached hydrogens (tertiary/aromatic N) is 2. The summed E-state index contributed by atoms with van der Waals surface area (Å²) in [6, 6.07) is 8.05. The number of benzene rings is 1. The molecule has 1 amide bonds. The Morgan fingerprint density at radius 3 is 2.95 bits per heavy atom. The van der Waals surface area contributed by atoms with E-state index in [4.69, 9.17) is 10.5 Å². The van der Waals surface area contributed by atoms with Gasteiger partial charge in [-0.05, 0) is 26.1 Å². The number of ether oxygens (including phenoxy) is 1. The minimum absolute atomic E-state index is 0.0548. The molecule has 0 spiro atoms. The molecule has 0 bridgehead atoms. The van der Waals surface area contributed by atoms with E-state index in [-0.39, 0.29) is 18.6 Å². The molecule has 19 heavy (non-hydrogen) atoms. The van der Waals surface area contributed by atoms with Crippen LogP contribution < -0.4 is 15.4 Å². The lowest BCUT2D eigenvalue weighted by molar-refractivity contribution is -0.119. The number of rotatable bonds is 5. The minimum Gasteiger partial charge on any atom is -0.485 e. The van der Waals surface area contributed by atoms with E-state index < -0.39 is 0 Å². The number of amides is 1. The Labute approximate surface area is 113 Å². The number of hydrogen-bond donors (Lipinski definition) is 1. The summed E-state index contributed by atoms with van der Waals surface area (Å²) in [4.78, 5) is 15.1.